The van der Waals surface area contributed by atoms with E-state index in [1.165, 1.54) is 22.3 Å². The number of amides is 1. The lowest BCUT2D eigenvalue weighted by Gasteiger charge is -2.25. The number of aliphatic hydroxyl groups excluding tert-OH is 1. The van der Waals surface area contributed by atoms with Crippen molar-refractivity contribution in [2.24, 2.45) is 0 Å². The van der Waals surface area contributed by atoms with Crippen molar-refractivity contribution in [2.45, 2.75) is 51.0 Å². The molecule has 1 aliphatic carbocycles. The molecule has 6 nitrogen and oxygen atoms in total. The third-order valence-corrected chi connectivity index (χ3v) is 5.77. The molecule has 0 spiro atoms. The standard InChI is InChI=1S/C25H32N2O4/c1-4-10-31-23-14-20(19-12-16(2)11-17(3)24(19)23)26-15-22(28)21(27-25(29)30)13-18-8-6-5-7-9-18/h4-9,11-12,20-23,26-28H,1,10,13-15H2,2-3H3,(H,29,30)/t20-,21-,22+,23+/m0/s1. The summed E-state index contributed by atoms with van der Waals surface area (Å²) in [4.78, 5) is 11.3. The van der Waals surface area contributed by atoms with Gasteiger partial charge in [-0.3, -0.25) is 0 Å². The molecule has 0 unspecified atom stereocenters. The van der Waals surface area contributed by atoms with Crippen LogP contribution in [0.1, 0.15) is 46.4 Å². The van der Waals surface area contributed by atoms with Gasteiger partial charge in [0, 0.05) is 12.6 Å². The quantitative estimate of drug-likeness (QED) is 0.435. The molecule has 3 rings (SSSR count). The number of hydrogen-bond donors (Lipinski definition) is 4. The zero-order valence-corrected chi connectivity index (χ0v) is 18.2. The van der Waals surface area contributed by atoms with Crippen LogP contribution in [0.5, 0.6) is 0 Å². The van der Waals surface area contributed by atoms with Gasteiger partial charge in [-0.1, -0.05) is 54.1 Å². The third kappa shape index (κ3) is 5.94. The number of ether oxygens (including phenoxy) is 1. The molecule has 31 heavy (non-hydrogen) atoms. The van der Waals surface area contributed by atoms with Crippen molar-refractivity contribution >= 4 is 6.09 Å². The van der Waals surface area contributed by atoms with Crippen LogP contribution in [0.4, 0.5) is 4.79 Å². The highest BCUT2D eigenvalue weighted by molar-refractivity contribution is 5.65. The first kappa shape index (κ1) is 23.0. The molecule has 2 aromatic carbocycles. The maximum absolute atomic E-state index is 11.3. The number of aliphatic hydroxyl groups is 1. The minimum atomic E-state index is -1.14. The zero-order valence-electron chi connectivity index (χ0n) is 18.2. The number of nitrogens with one attached hydrogen (secondary N) is 2. The Morgan fingerprint density at radius 1 is 1.29 bits per heavy atom. The van der Waals surface area contributed by atoms with Crippen molar-refractivity contribution in [3.63, 3.8) is 0 Å². The predicted octanol–water partition coefficient (Wildman–Crippen LogP) is 3.82. The van der Waals surface area contributed by atoms with Gasteiger partial charge in [-0.2, -0.15) is 0 Å². The van der Waals surface area contributed by atoms with Crippen LogP contribution in [-0.4, -0.2) is 41.6 Å². The Morgan fingerprint density at radius 3 is 2.71 bits per heavy atom. The van der Waals surface area contributed by atoms with E-state index in [2.05, 4.69) is 43.2 Å². The van der Waals surface area contributed by atoms with Crippen molar-refractivity contribution in [1.82, 2.24) is 10.6 Å². The maximum Gasteiger partial charge on any atom is 0.404 e. The van der Waals surface area contributed by atoms with E-state index in [-0.39, 0.29) is 18.7 Å². The van der Waals surface area contributed by atoms with Crippen LogP contribution in [0.15, 0.2) is 55.1 Å². The first-order valence-electron chi connectivity index (χ1n) is 10.7. The fraction of sp³-hybridized carbons (Fsp3) is 0.400. The summed E-state index contributed by atoms with van der Waals surface area (Å²) in [7, 11) is 0. The van der Waals surface area contributed by atoms with Crippen molar-refractivity contribution < 1.29 is 19.7 Å². The number of carbonyl (C=O) groups is 1. The van der Waals surface area contributed by atoms with E-state index in [4.69, 9.17) is 4.74 Å². The number of aryl methyl sites for hydroxylation is 2. The van der Waals surface area contributed by atoms with Gasteiger partial charge in [0.25, 0.3) is 0 Å². The molecule has 6 heteroatoms. The molecule has 166 valence electrons. The molecule has 1 amide bonds. The summed E-state index contributed by atoms with van der Waals surface area (Å²) in [6.45, 7) is 8.66. The lowest BCUT2D eigenvalue weighted by Crippen LogP contribution is -2.48. The molecule has 0 saturated carbocycles. The van der Waals surface area contributed by atoms with Crippen molar-refractivity contribution in [3.05, 3.63) is 82.9 Å². The minimum Gasteiger partial charge on any atom is -0.465 e. The first-order chi connectivity index (χ1) is 14.9. The van der Waals surface area contributed by atoms with Crippen LogP contribution in [0, 0.1) is 13.8 Å². The average Bonchev–Trinajstić information content (AvgIpc) is 3.08. The SMILES string of the molecule is C=CCO[C@@H]1C[C@H](NC[C@@H](O)[C@H](Cc2ccccc2)NC(=O)O)c2cc(C)cc(C)c21. The Morgan fingerprint density at radius 2 is 2.03 bits per heavy atom. The van der Waals surface area contributed by atoms with E-state index in [0.717, 1.165) is 12.0 Å². The van der Waals surface area contributed by atoms with E-state index < -0.39 is 18.2 Å². The van der Waals surface area contributed by atoms with E-state index >= 15 is 0 Å². The van der Waals surface area contributed by atoms with Gasteiger partial charge in [-0.05, 0) is 48.9 Å². The molecule has 0 radical (unpaired) electrons. The number of carboxylic acid groups (broad SMARTS) is 1. The van der Waals surface area contributed by atoms with Crippen molar-refractivity contribution in [2.75, 3.05) is 13.2 Å². The topological polar surface area (TPSA) is 90.8 Å². The second kappa shape index (κ2) is 10.6. The first-order valence-corrected chi connectivity index (χ1v) is 10.7. The highest BCUT2D eigenvalue weighted by Gasteiger charge is 2.33. The Balaban J connectivity index is 1.71. The molecule has 0 aliphatic heterocycles. The number of fused-ring (bicyclic) bond motifs is 1. The molecule has 0 aromatic heterocycles. The van der Waals surface area contributed by atoms with E-state index in [9.17, 15) is 15.0 Å². The Kier molecular flexibility index (Phi) is 7.85. The second-order valence-corrected chi connectivity index (χ2v) is 8.20. The van der Waals surface area contributed by atoms with E-state index in [1.807, 2.05) is 30.3 Å². The zero-order chi connectivity index (χ0) is 22.4. The van der Waals surface area contributed by atoms with Gasteiger partial charge in [0.1, 0.15) is 0 Å². The fourth-order valence-corrected chi connectivity index (χ4v) is 4.44. The molecule has 4 atom stereocenters. The lowest BCUT2D eigenvalue weighted by atomic mass is 9.98. The van der Waals surface area contributed by atoms with Crippen LogP contribution < -0.4 is 10.6 Å². The van der Waals surface area contributed by atoms with E-state index in [1.54, 1.807) is 6.08 Å². The van der Waals surface area contributed by atoms with Gasteiger partial charge in [0.15, 0.2) is 0 Å². The molecule has 0 fully saturated rings. The van der Waals surface area contributed by atoms with Gasteiger partial charge >= 0.3 is 6.09 Å². The van der Waals surface area contributed by atoms with Gasteiger partial charge < -0.3 is 25.6 Å². The lowest BCUT2D eigenvalue weighted by molar-refractivity contribution is 0.0668. The largest absolute Gasteiger partial charge is 0.465 e. The van der Waals surface area contributed by atoms with Gasteiger partial charge in [-0.25, -0.2) is 4.79 Å². The summed E-state index contributed by atoms with van der Waals surface area (Å²) in [5.41, 5.74) is 5.73. The number of benzene rings is 2. The summed E-state index contributed by atoms with van der Waals surface area (Å²) >= 11 is 0. The summed E-state index contributed by atoms with van der Waals surface area (Å²) < 4.78 is 6.00. The maximum atomic E-state index is 11.3. The Labute approximate surface area is 184 Å². The summed E-state index contributed by atoms with van der Waals surface area (Å²) in [5, 5.41) is 26.0. The predicted molar refractivity (Wildman–Crippen MR) is 121 cm³/mol. The molecule has 2 aromatic rings. The van der Waals surface area contributed by atoms with Crippen LogP contribution in [-0.2, 0) is 11.2 Å². The normalized spacial score (nSPS) is 19.5. The molecule has 1 aliphatic rings. The molecule has 4 N–H and O–H groups in total. The second-order valence-electron chi connectivity index (χ2n) is 8.20. The fourth-order valence-electron chi connectivity index (χ4n) is 4.44. The molecule has 0 heterocycles. The highest BCUT2D eigenvalue weighted by Crippen LogP contribution is 2.43. The van der Waals surface area contributed by atoms with Crippen LogP contribution in [0.25, 0.3) is 0 Å². The molecule has 0 bridgehead atoms. The minimum absolute atomic E-state index is 0.0273. The van der Waals surface area contributed by atoms with Crippen molar-refractivity contribution in [1.29, 1.82) is 0 Å². The van der Waals surface area contributed by atoms with E-state index in [0.29, 0.717) is 13.0 Å². The monoisotopic (exact) mass is 424 g/mol. The van der Waals surface area contributed by atoms with Gasteiger partial charge in [-0.15, -0.1) is 6.58 Å². The molecule has 0 saturated heterocycles. The average molecular weight is 425 g/mol. The van der Waals surface area contributed by atoms with Crippen LogP contribution in [0.2, 0.25) is 0 Å². The van der Waals surface area contributed by atoms with Crippen LogP contribution in [0.3, 0.4) is 0 Å². The summed E-state index contributed by atoms with van der Waals surface area (Å²) in [6.07, 6.45) is 0.880. The molecular weight excluding hydrogens is 392 g/mol. The smallest absolute Gasteiger partial charge is 0.404 e. The van der Waals surface area contributed by atoms with Crippen LogP contribution >= 0.6 is 0 Å². The van der Waals surface area contributed by atoms with Gasteiger partial charge in [0.2, 0.25) is 0 Å². The highest BCUT2D eigenvalue weighted by atomic mass is 16.5. The Hall–Kier alpha value is -2.67. The Bertz CT molecular complexity index is 900. The number of rotatable bonds is 10. The molecular formula is C25H32N2O4. The van der Waals surface area contributed by atoms with Crippen molar-refractivity contribution in [3.8, 4) is 0 Å². The third-order valence-electron chi connectivity index (χ3n) is 5.77. The number of hydrogen-bond acceptors (Lipinski definition) is 4. The summed E-state index contributed by atoms with van der Waals surface area (Å²) in [6, 6.07) is 13.3. The van der Waals surface area contributed by atoms with Gasteiger partial charge in [0.05, 0.1) is 24.9 Å². The summed E-state index contributed by atoms with van der Waals surface area (Å²) in [5.74, 6) is 0.